The molecule has 0 unspecified atom stereocenters. The molecular formula is C20H26N2O4S. The number of methoxy groups -OCH3 is 1. The lowest BCUT2D eigenvalue weighted by molar-refractivity contribution is -0.121. The monoisotopic (exact) mass is 390 g/mol. The molecule has 1 N–H and O–H groups in total. The van der Waals surface area contributed by atoms with Gasteiger partial charge in [0.25, 0.3) is 0 Å². The Morgan fingerprint density at radius 1 is 1.04 bits per heavy atom. The van der Waals surface area contributed by atoms with E-state index >= 15 is 0 Å². The van der Waals surface area contributed by atoms with Crippen molar-refractivity contribution in [1.82, 2.24) is 9.62 Å². The Labute approximate surface area is 161 Å². The van der Waals surface area contributed by atoms with Crippen molar-refractivity contribution < 1.29 is 17.9 Å². The SMILES string of the molecule is COc1ccc([C@@H](CC(=O)NCCS(=O)(=O)N(C)C)c2ccccc2)cc1. The maximum atomic E-state index is 12.4. The van der Waals surface area contributed by atoms with E-state index < -0.39 is 10.0 Å². The van der Waals surface area contributed by atoms with Crippen molar-refractivity contribution in [2.75, 3.05) is 33.5 Å². The molecule has 2 aromatic carbocycles. The van der Waals surface area contributed by atoms with Gasteiger partial charge in [0.1, 0.15) is 5.75 Å². The molecule has 0 aliphatic carbocycles. The molecule has 146 valence electrons. The largest absolute Gasteiger partial charge is 0.497 e. The van der Waals surface area contributed by atoms with Gasteiger partial charge in [-0.25, -0.2) is 12.7 Å². The van der Waals surface area contributed by atoms with Crippen LogP contribution in [0.5, 0.6) is 5.75 Å². The zero-order chi connectivity index (χ0) is 19.9. The number of nitrogens with zero attached hydrogens (tertiary/aromatic N) is 1. The molecule has 0 bridgehead atoms. The van der Waals surface area contributed by atoms with Crippen LogP contribution in [0.1, 0.15) is 23.5 Å². The summed E-state index contributed by atoms with van der Waals surface area (Å²) in [6.45, 7) is 0.0868. The minimum atomic E-state index is -3.33. The van der Waals surface area contributed by atoms with E-state index in [0.29, 0.717) is 0 Å². The lowest BCUT2D eigenvalue weighted by atomic mass is 9.88. The van der Waals surface area contributed by atoms with Gasteiger partial charge < -0.3 is 10.1 Å². The molecule has 0 fully saturated rings. The summed E-state index contributed by atoms with van der Waals surface area (Å²) in [6.07, 6.45) is 0.234. The van der Waals surface area contributed by atoms with E-state index in [4.69, 9.17) is 4.74 Å². The zero-order valence-corrected chi connectivity index (χ0v) is 16.7. The van der Waals surface area contributed by atoms with Crippen LogP contribution in [0.3, 0.4) is 0 Å². The van der Waals surface area contributed by atoms with E-state index in [2.05, 4.69) is 5.32 Å². The number of amides is 1. The molecule has 0 radical (unpaired) electrons. The van der Waals surface area contributed by atoms with Crippen LogP contribution in [0.4, 0.5) is 0 Å². The van der Waals surface area contributed by atoms with E-state index in [9.17, 15) is 13.2 Å². The second-order valence-electron chi connectivity index (χ2n) is 6.39. The van der Waals surface area contributed by atoms with Crippen LogP contribution in [0.2, 0.25) is 0 Å². The number of hydrogen-bond acceptors (Lipinski definition) is 4. The van der Waals surface area contributed by atoms with Gasteiger partial charge in [-0.15, -0.1) is 0 Å². The van der Waals surface area contributed by atoms with Crippen LogP contribution in [0.15, 0.2) is 54.6 Å². The molecule has 0 aromatic heterocycles. The first-order valence-electron chi connectivity index (χ1n) is 8.69. The highest BCUT2D eigenvalue weighted by Crippen LogP contribution is 2.29. The van der Waals surface area contributed by atoms with Gasteiger partial charge in [0, 0.05) is 33.0 Å². The third-order valence-electron chi connectivity index (χ3n) is 4.35. The average Bonchev–Trinajstić information content (AvgIpc) is 2.66. The van der Waals surface area contributed by atoms with Gasteiger partial charge >= 0.3 is 0 Å². The molecule has 2 aromatic rings. The number of ether oxygens (including phenoxy) is 1. The molecule has 2 rings (SSSR count). The fraction of sp³-hybridized carbons (Fsp3) is 0.350. The minimum Gasteiger partial charge on any atom is -0.497 e. The summed E-state index contributed by atoms with van der Waals surface area (Å²) in [6, 6.07) is 17.4. The Hall–Kier alpha value is -2.38. The number of sulfonamides is 1. The topological polar surface area (TPSA) is 75.7 Å². The molecule has 0 aliphatic rings. The average molecular weight is 391 g/mol. The third-order valence-corrected chi connectivity index (χ3v) is 6.18. The number of benzene rings is 2. The molecule has 6 nitrogen and oxygen atoms in total. The van der Waals surface area contributed by atoms with Crippen molar-refractivity contribution in [3.8, 4) is 5.75 Å². The Morgan fingerprint density at radius 2 is 1.63 bits per heavy atom. The number of nitrogens with one attached hydrogen (secondary N) is 1. The second kappa shape index (κ2) is 9.53. The second-order valence-corrected chi connectivity index (χ2v) is 8.69. The van der Waals surface area contributed by atoms with Crippen molar-refractivity contribution >= 4 is 15.9 Å². The van der Waals surface area contributed by atoms with Gasteiger partial charge in [0.05, 0.1) is 12.9 Å². The third kappa shape index (κ3) is 6.08. The summed E-state index contributed by atoms with van der Waals surface area (Å²) >= 11 is 0. The van der Waals surface area contributed by atoms with Gasteiger partial charge in [-0.3, -0.25) is 4.79 Å². The number of hydrogen-bond donors (Lipinski definition) is 1. The standard InChI is InChI=1S/C20H26N2O4S/c1-22(2)27(24,25)14-13-21-20(23)15-19(16-7-5-4-6-8-16)17-9-11-18(26-3)12-10-17/h4-12,19H,13-15H2,1-3H3,(H,21,23)/t19-/m0/s1. The molecule has 0 saturated carbocycles. The molecule has 7 heteroatoms. The molecule has 27 heavy (non-hydrogen) atoms. The Morgan fingerprint density at radius 3 is 2.19 bits per heavy atom. The molecule has 0 saturated heterocycles. The Kier molecular flexibility index (Phi) is 7.38. The highest BCUT2D eigenvalue weighted by Gasteiger charge is 2.19. The van der Waals surface area contributed by atoms with Crippen molar-refractivity contribution in [2.45, 2.75) is 12.3 Å². The molecule has 0 aliphatic heterocycles. The fourth-order valence-corrected chi connectivity index (χ4v) is 3.43. The first-order valence-corrected chi connectivity index (χ1v) is 10.3. The summed E-state index contributed by atoms with van der Waals surface area (Å²) in [5.41, 5.74) is 2.02. The van der Waals surface area contributed by atoms with Crippen molar-refractivity contribution in [3.63, 3.8) is 0 Å². The molecular weight excluding hydrogens is 364 g/mol. The highest BCUT2D eigenvalue weighted by molar-refractivity contribution is 7.89. The van der Waals surface area contributed by atoms with Crippen molar-refractivity contribution in [3.05, 3.63) is 65.7 Å². The number of carbonyl (C=O) groups is 1. The van der Waals surface area contributed by atoms with Gasteiger partial charge in [-0.2, -0.15) is 0 Å². The molecule has 1 atom stereocenters. The Balaban J connectivity index is 2.09. The fourth-order valence-electron chi connectivity index (χ4n) is 2.71. The molecule has 1 amide bonds. The van der Waals surface area contributed by atoms with Crippen molar-refractivity contribution in [1.29, 1.82) is 0 Å². The number of rotatable bonds is 9. The first kappa shape index (κ1) is 20.9. The normalized spacial score (nSPS) is 12.6. The predicted molar refractivity (Wildman–Crippen MR) is 106 cm³/mol. The minimum absolute atomic E-state index is 0.0868. The predicted octanol–water partition coefficient (Wildman–Crippen LogP) is 2.22. The van der Waals surface area contributed by atoms with E-state index in [-0.39, 0.29) is 30.5 Å². The molecule has 0 heterocycles. The Bertz CT molecular complexity index is 834. The van der Waals surface area contributed by atoms with Crippen LogP contribution in [0.25, 0.3) is 0 Å². The summed E-state index contributed by atoms with van der Waals surface area (Å²) in [5.74, 6) is 0.324. The summed E-state index contributed by atoms with van der Waals surface area (Å²) in [5, 5.41) is 2.72. The zero-order valence-electron chi connectivity index (χ0n) is 15.9. The lowest BCUT2D eigenvalue weighted by Gasteiger charge is -2.18. The van der Waals surface area contributed by atoms with E-state index in [1.165, 1.54) is 14.1 Å². The van der Waals surface area contributed by atoms with Gasteiger partial charge in [0.2, 0.25) is 15.9 Å². The van der Waals surface area contributed by atoms with E-state index in [1.54, 1.807) is 7.11 Å². The van der Waals surface area contributed by atoms with Gasteiger partial charge in [-0.1, -0.05) is 42.5 Å². The van der Waals surface area contributed by atoms with Crippen LogP contribution in [0, 0.1) is 0 Å². The maximum Gasteiger partial charge on any atom is 0.220 e. The van der Waals surface area contributed by atoms with E-state index in [0.717, 1.165) is 21.2 Å². The summed E-state index contributed by atoms with van der Waals surface area (Å²) in [7, 11) is 1.24. The number of carbonyl (C=O) groups excluding carboxylic acids is 1. The van der Waals surface area contributed by atoms with Crippen LogP contribution >= 0.6 is 0 Å². The van der Waals surface area contributed by atoms with Crippen LogP contribution in [-0.4, -0.2) is 52.1 Å². The lowest BCUT2D eigenvalue weighted by Crippen LogP contribution is -2.34. The van der Waals surface area contributed by atoms with Crippen molar-refractivity contribution in [2.24, 2.45) is 0 Å². The summed E-state index contributed by atoms with van der Waals surface area (Å²) < 4.78 is 30.0. The van der Waals surface area contributed by atoms with Gasteiger partial charge in [0.15, 0.2) is 0 Å². The van der Waals surface area contributed by atoms with Gasteiger partial charge in [-0.05, 0) is 23.3 Å². The summed E-state index contributed by atoms with van der Waals surface area (Å²) in [4.78, 5) is 12.4. The highest BCUT2D eigenvalue weighted by atomic mass is 32.2. The smallest absolute Gasteiger partial charge is 0.220 e. The molecule has 0 spiro atoms. The van der Waals surface area contributed by atoms with Crippen LogP contribution in [-0.2, 0) is 14.8 Å². The van der Waals surface area contributed by atoms with Crippen LogP contribution < -0.4 is 10.1 Å². The first-order chi connectivity index (χ1) is 12.8. The van der Waals surface area contributed by atoms with E-state index in [1.807, 2.05) is 54.6 Å². The maximum absolute atomic E-state index is 12.4. The quantitative estimate of drug-likeness (QED) is 0.712.